The average molecular weight is 320 g/mol. The number of hydrogen-bond donors (Lipinski definition) is 1. The maximum absolute atomic E-state index is 12.2. The van der Waals surface area contributed by atoms with Crippen molar-refractivity contribution < 1.29 is 23.5 Å². The zero-order chi connectivity index (χ0) is 16.4. The zero-order valence-electron chi connectivity index (χ0n) is 13.0. The molecule has 2 heterocycles. The molecule has 7 heteroatoms. The second-order valence-electron chi connectivity index (χ2n) is 6.12. The van der Waals surface area contributed by atoms with Gasteiger partial charge >= 0.3 is 5.97 Å². The van der Waals surface area contributed by atoms with Crippen LogP contribution >= 0.6 is 0 Å². The predicted molar refractivity (Wildman–Crippen MR) is 79.0 cm³/mol. The molecule has 2 fully saturated rings. The Hall–Kier alpha value is -2.31. The number of esters is 1. The van der Waals surface area contributed by atoms with Gasteiger partial charge in [-0.3, -0.25) is 14.4 Å². The summed E-state index contributed by atoms with van der Waals surface area (Å²) in [7, 11) is 0. The van der Waals surface area contributed by atoms with Crippen LogP contribution in [0.15, 0.2) is 22.8 Å². The summed E-state index contributed by atoms with van der Waals surface area (Å²) < 4.78 is 10.4. The highest BCUT2D eigenvalue weighted by Gasteiger charge is 2.37. The van der Waals surface area contributed by atoms with Crippen LogP contribution in [0.3, 0.4) is 0 Å². The number of nitrogens with zero attached hydrogens (tertiary/aromatic N) is 1. The number of amides is 2. The second-order valence-corrected chi connectivity index (χ2v) is 6.12. The third kappa shape index (κ3) is 3.91. The molecule has 2 atom stereocenters. The standard InChI is InChI=1S/C16H20N2O5/c1-10(15(20)17-12-4-5-12)23-16(21)11-7-14(19)18(8-11)9-13-3-2-6-22-13/h2-3,6,10-12H,4-5,7-9H2,1H3,(H,17,20)/t10-,11+/m0/s1. The van der Waals surface area contributed by atoms with Gasteiger partial charge in [-0.2, -0.15) is 0 Å². The summed E-state index contributed by atoms with van der Waals surface area (Å²) in [5, 5.41) is 2.79. The van der Waals surface area contributed by atoms with Crippen LogP contribution in [0.2, 0.25) is 0 Å². The first kappa shape index (κ1) is 15.6. The Labute approximate surface area is 134 Å². The molecule has 0 spiro atoms. The van der Waals surface area contributed by atoms with Crippen molar-refractivity contribution >= 4 is 17.8 Å². The van der Waals surface area contributed by atoms with Crippen LogP contribution in [-0.2, 0) is 25.7 Å². The van der Waals surface area contributed by atoms with Gasteiger partial charge in [0.2, 0.25) is 5.91 Å². The topological polar surface area (TPSA) is 88.9 Å². The van der Waals surface area contributed by atoms with E-state index in [1.54, 1.807) is 30.2 Å². The smallest absolute Gasteiger partial charge is 0.312 e. The molecular formula is C16H20N2O5. The van der Waals surface area contributed by atoms with Crippen LogP contribution in [0.1, 0.15) is 31.9 Å². The fourth-order valence-corrected chi connectivity index (χ4v) is 2.54. The van der Waals surface area contributed by atoms with Crippen LogP contribution in [-0.4, -0.2) is 41.4 Å². The Morgan fingerprint density at radius 1 is 1.48 bits per heavy atom. The van der Waals surface area contributed by atoms with E-state index in [0.29, 0.717) is 12.3 Å². The lowest BCUT2D eigenvalue weighted by atomic mass is 10.1. The van der Waals surface area contributed by atoms with Gasteiger partial charge in [0.1, 0.15) is 5.76 Å². The molecular weight excluding hydrogens is 300 g/mol. The Kier molecular flexibility index (Phi) is 4.36. The van der Waals surface area contributed by atoms with Crippen molar-refractivity contribution in [2.45, 2.75) is 44.9 Å². The van der Waals surface area contributed by atoms with E-state index in [1.807, 2.05) is 0 Å². The summed E-state index contributed by atoms with van der Waals surface area (Å²) >= 11 is 0. The van der Waals surface area contributed by atoms with E-state index in [1.165, 1.54) is 0 Å². The largest absolute Gasteiger partial charge is 0.467 e. The Morgan fingerprint density at radius 2 is 2.26 bits per heavy atom. The molecule has 1 N–H and O–H groups in total. The number of carbonyl (C=O) groups is 3. The summed E-state index contributed by atoms with van der Waals surface area (Å²) in [4.78, 5) is 37.5. The molecule has 1 aromatic rings. The molecule has 124 valence electrons. The number of ether oxygens (including phenoxy) is 1. The lowest BCUT2D eigenvalue weighted by Crippen LogP contribution is -2.38. The summed E-state index contributed by atoms with van der Waals surface area (Å²) in [5.41, 5.74) is 0. The number of hydrogen-bond acceptors (Lipinski definition) is 5. The van der Waals surface area contributed by atoms with Crippen LogP contribution in [0.4, 0.5) is 0 Å². The van der Waals surface area contributed by atoms with Gasteiger partial charge in [-0.15, -0.1) is 0 Å². The van der Waals surface area contributed by atoms with Gasteiger partial charge in [0.05, 0.1) is 18.7 Å². The number of carbonyl (C=O) groups excluding carboxylic acids is 3. The average Bonchev–Trinajstić information content (AvgIpc) is 3.03. The van der Waals surface area contributed by atoms with Crippen molar-refractivity contribution in [2.24, 2.45) is 5.92 Å². The van der Waals surface area contributed by atoms with E-state index < -0.39 is 18.0 Å². The van der Waals surface area contributed by atoms with Gasteiger partial charge in [-0.1, -0.05) is 0 Å². The number of furan rings is 1. The molecule has 1 saturated heterocycles. The number of nitrogens with one attached hydrogen (secondary N) is 1. The first-order valence-corrected chi connectivity index (χ1v) is 7.84. The molecule has 1 aliphatic heterocycles. The highest BCUT2D eigenvalue weighted by atomic mass is 16.5. The molecule has 1 saturated carbocycles. The fraction of sp³-hybridized carbons (Fsp3) is 0.562. The Morgan fingerprint density at radius 3 is 2.91 bits per heavy atom. The van der Waals surface area contributed by atoms with E-state index in [9.17, 15) is 14.4 Å². The SMILES string of the molecule is C[C@H](OC(=O)[C@@H]1CC(=O)N(Cc2ccco2)C1)C(=O)NC1CC1. The first-order chi connectivity index (χ1) is 11.0. The highest BCUT2D eigenvalue weighted by Crippen LogP contribution is 2.22. The van der Waals surface area contributed by atoms with E-state index in [4.69, 9.17) is 9.15 Å². The molecule has 7 nitrogen and oxygen atoms in total. The first-order valence-electron chi connectivity index (χ1n) is 7.84. The molecule has 2 aliphatic rings. The number of likely N-dealkylation sites (tertiary alicyclic amines) is 1. The van der Waals surface area contributed by atoms with Crippen molar-refractivity contribution in [1.29, 1.82) is 0 Å². The molecule has 1 aliphatic carbocycles. The molecule has 2 amide bonds. The Bertz CT molecular complexity index is 594. The van der Waals surface area contributed by atoms with Gasteiger partial charge in [-0.05, 0) is 31.9 Å². The van der Waals surface area contributed by atoms with E-state index >= 15 is 0 Å². The molecule has 0 radical (unpaired) electrons. The van der Waals surface area contributed by atoms with Crippen LogP contribution < -0.4 is 5.32 Å². The van der Waals surface area contributed by atoms with Crippen molar-refractivity contribution in [1.82, 2.24) is 10.2 Å². The van der Waals surface area contributed by atoms with Crippen molar-refractivity contribution in [2.75, 3.05) is 6.54 Å². The zero-order valence-corrected chi connectivity index (χ0v) is 13.0. The molecule has 3 rings (SSSR count). The molecule has 1 aromatic heterocycles. The lowest BCUT2D eigenvalue weighted by molar-refractivity contribution is -0.158. The summed E-state index contributed by atoms with van der Waals surface area (Å²) in [6.07, 6.45) is 2.77. The van der Waals surface area contributed by atoms with E-state index in [-0.39, 0.29) is 30.8 Å². The van der Waals surface area contributed by atoms with Gasteiger partial charge < -0.3 is 19.4 Å². The quantitative estimate of drug-likeness (QED) is 0.785. The summed E-state index contributed by atoms with van der Waals surface area (Å²) in [6, 6.07) is 3.76. The fourth-order valence-electron chi connectivity index (χ4n) is 2.54. The molecule has 23 heavy (non-hydrogen) atoms. The second kappa shape index (κ2) is 6.44. The monoisotopic (exact) mass is 320 g/mol. The predicted octanol–water partition coefficient (Wildman–Crippen LogP) is 0.838. The molecule has 0 aromatic carbocycles. The van der Waals surface area contributed by atoms with Gasteiger partial charge in [0, 0.05) is 19.0 Å². The van der Waals surface area contributed by atoms with Crippen molar-refractivity contribution in [3.05, 3.63) is 24.2 Å². The minimum Gasteiger partial charge on any atom is -0.467 e. The Balaban J connectivity index is 1.49. The van der Waals surface area contributed by atoms with E-state index in [2.05, 4.69) is 5.32 Å². The third-order valence-corrected chi connectivity index (χ3v) is 4.06. The minimum atomic E-state index is -0.836. The van der Waals surface area contributed by atoms with Gasteiger partial charge in [0.25, 0.3) is 5.91 Å². The van der Waals surface area contributed by atoms with Crippen molar-refractivity contribution in [3.8, 4) is 0 Å². The maximum Gasteiger partial charge on any atom is 0.312 e. The third-order valence-electron chi connectivity index (χ3n) is 4.06. The summed E-state index contributed by atoms with van der Waals surface area (Å²) in [5.74, 6) is -0.757. The van der Waals surface area contributed by atoms with Crippen LogP contribution in [0.25, 0.3) is 0 Å². The maximum atomic E-state index is 12.2. The van der Waals surface area contributed by atoms with Gasteiger partial charge in [0.15, 0.2) is 6.10 Å². The lowest BCUT2D eigenvalue weighted by Gasteiger charge is -2.17. The minimum absolute atomic E-state index is 0.108. The van der Waals surface area contributed by atoms with Gasteiger partial charge in [-0.25, -0.2) is 0 Å². The van der Waals surface area contributed by atoms with Crippen LogP contribution in [0.5, 0.6) is 0 Å². The van der Waals surface area contributed by atoms with Crippen LogP contribution in [0, 0.1) is 5.92 Å². The normalized spacial score (nSPS) is 22.0. The molecule has 0 bridgehead atoms. The highest BCUT2D eigenvalue weighted by molar-refractivity contribution is 5.89. The van der Waals surface area contributed by atoms with E-state index in [0.717, 1.165) is 12.8 Å². The summed E-state index contributed by atoms with van der Waals surface area (Å²) in [6.45, 7) is 2.18. The van der Waals surface area contributed by atoms with Crippen molar-refractivity contribution in [3.63, 3.8) is 0 Å². The number of rotatable bonds is 6. The molecule has 0 unspecified atom stereocenters.